The molecule has 3 rings (SSSR count). The molecule has 1 amide bonds. The van der Waals surface area contributed by atoms with Gasteiger partial charge in [0.15, 0.2) is 0 Å². The second kappa shape index (κ2) is 8.87. The predicted octanol–water partition coefficient (Wildman–Crippen LogP) is 3.59. The summed E-state index contributed by atoms with van der Waals surface area (Å²) >= 11 is 7.41. The molecule has 0 aliphatic carbocycles. The molecule has 0 fully saturated rings. The zero-order valence-corrected chi connectivity index (χ0v) is 16.9. The molecule has 2 aromatic heterocycles. The van der Waals surface area contributed by atoms with Crippen molar-refractivity contribution in [1.29, 1.82) is 5.26 Å². The Morgan fingerprint density at radius 1 is 1.29 bits per heavy atom. The highest BCUT2D eigenvalue weighted by Gasteiger charge is 2.14. The Labute approximate surface area is 171 Å². The lowest BCUT2D eigenvalue weighted by Crippen LogP contribution is -2.18. The maximum absolute atomic E-state index is 12.4. The monoisotopic (exact) mass is 412 g/mol. The molecule has 28 heavy (non-hydrogen) atoms. The van der Waals surface area contributed by atoms with Crippen LogP contribution in [0.15, 0.2) is 41.6 Å². The molecule has 7 nitrogen and oxygen atoms in total. The average molecular weight is 413 g/mol. The molecule has 0 atom stereocenters. The van der Waals surface area contributed by atoms with Gasteiger partial charge in [-0.2, -0.15) is 10.4 Å². The van der Waals surface area contributed by atoms with Crippen molar-refractivity contribution in [2.45, 2.75) is 25.4 Å². The van der Waals surface area contributed by atoms with Crippen LogP contribution in [0.2, 0.25) is 5.02 Å². The topological polar surface area (TPSA) is 96.5 Å². The third kappa shape index (κ3) is 4.68. The molecule has 0 unspecified atom stereocenters. The Hall–Kier alpha value is -2.89. The van der Waals surface area contributed by atoms with Crippen molar-refractivity contribution >= 4 is 35.1 Å². The largest absolute Gasteiger partial charge is 0.310 e. The maximum Gasteiger partial charge on any atom is 0.235 e. The van der Waals surface area contributed by atoms with Crippen molar-refractivity contribution in [3.05, 3.63) is 64.2 Å². The van der Waals surface area contributed by atoms with Crippen LogP contribution in [0.4, 0.5) is 5.82 Å². The number of hydrogen-bond acceptors (Lipinski definition) is 6. The SMILES string of the molecule is Cc1nc(C)c(C#N)c(SCC(=O)Nc2ccnn2Cc2ccccc2Cl)n1. The van der Waals surface area contributed by atoms with E-state index in [1.807, 2.05) is 24.3 Å². The number of benzene rings is 1. The van der Waals surface area contributed by atoms with Gasteiger partial charge in [-0.15, -0.1) is 0 Å². The number of hydrogen-bond donors (Lipinski definition) is 1. The molecule has 9 heteroatoms. The number of halogens is 1. The first-order valence-electron chi connectivity index (χ1n) is 8.41. The van der Waals surface area contributed by atoms with Crippen molar-refractivity contribution in [2.24, 2.45) is 0 Å². The maximum atomic E-state index is 12.4. The second-order valence-electron chi connectivity index (χ2n) is 5.95. The van der Waals surface area contributed by atoms with Crippen molar-refractivity contribution in [2.75, 3.05) is 11.1 Å². The Morgan fingerprint density at radius 2 is 2.07 bits per heavy atom. The molecular formula is C19H17ClN6OS. The molecule has 3 aromatic rings. The minimum Gasteiger partial charge on any atom is -0.310 e. The van der Waals surface area contributed by atoms with E-state index in [2.05, 4.69) is 26.5 Å². The molecule has 142 valence electrons. The Bertz CT molecular complexity index is 1060. The summed E-state index contributed by atoms with van der Waals surface area (Å²) < 4.78 is 1.67. The van der Waals surface area contributed by atoms with Gasteiger partial charge in [-0.3, -0.25) is 4.79 Å². The minimum atomic E-state index is -0.219. The lowest BCUT2D eigenvalue weighted by atomic mass is 10.2. The van der Waals surface area contributed by atoms with Gasteiger partial charge in [-0.25, -0.2) is 14.6 Å². The van der Waals surface area contributed by atoms with E-state index in [1.165, 1.54) is 11.8 Å². The van der Waals surface area contributed by atoms with Gasteiger partial charge in [-0.05, 0) is 25.5 Å². The van der Waals surface area contributed by atoms with Gasteiger partial charge in [-0.1, -0.05) is 41.6 Å². The van der Waals surface area contributed by atoms with E-state index in [-0.39, 0.29) is 11.7 Å². The lowest BCUT2D eigenvalue weighted by Gasteiger charge is -2.10. The van der Waals surface area contributed by atoms with Crippen molar-refractivity contribution in [3.63, 3.8) is 0 Å². The summed E-state index contributed by atoms with van der Waals surface area (Å²) in [5.74, 6) is 1.03. The van der Waals surface area contributed by atoms with Gasteiger partial charge in [0.1, 0.15) is 28.3 Å². The number of amides is 1. The van der Waals surface area contributed by atoms with Gasteiger partial charge >= 0.3 is 0 Å². The van der Waals surface area contributed by atoms with E-state index in [1.54, 1.807) is 30.8 Å². The summed E-state index contributed by atoms with van der Waals surface area (Å²) in [4.78, 5) is 20.9. The number of carbonyl (C=O) groups excluding carboxylic acids is 1. The summed E-state index contributed by atoms with van der Waals surface area (Å²) in [6.45, 7) is 3.95. The molecule has 1 N–H and O–H groups in total. The first-order chi connectivity index (χ1) is 13.5. The number of nitrogens with zero attached hydrogens (tertiary/aromatic N) is 5. The van der Waals surface area contributed by atoms with E-state index < -0.39 is 0 Å². The molecular weight excluding hydrogens is 396 g/mol. The first-order valence-corrected chi connectivity index (χ1v) is 9.77. The zero-order chi connectivity index (χ0) is 20.1. The van der Waals surface area contributed by atoms with Crippen LogP contribution in [0.3, 0.4) is 0 Å². The summed E-state index contributed by atoms with van der Waals surface area (Å²) in [5.41, 5.74) is 1.91. The number of carbonyl (C=O) groups is 1. The number of anilines is 1. The molecule has 0 radical (unpaired) electrons. The van der Waals surface area contributed by atoms with Gasteiger partial charge in [0.2, 0.25) is 5.91 Å². The molecule has 0 bridgehead atoms. The quantitative estimate of drug-likeness (QED) is 0.490. The normalized spacial score (nSPS) is 10.5. The highest BCUT2D eigenvalue weighted by Crippen LogP contribution is 2.23. The van der Waals surface area contributed by atoms with Gasteiger partial charge in [0.25, 0.3) is 0 Å². The third-order valence-electron chi connectivity index (χ3n) is 3.88. The fourth-order valence-corrected chi connectivity index (χ4v) is 3.65. The number of rotatable bonds is 6. The van der Waals surface area contributed by atoms with Crippen molar-refractivity contribution in [3.8, 4) is 6.07 Å². The molecule has 0 saturated heterocycles. The van der Waals surface area contributed by atoms with Crippen LogP contribution >= 0.6 is 23.4 Å². The van der Waals surface area contributed by atoms with Crippen molar-refractivity contribution < 1.29 is 4.79 Å². The van der Waals surface area contributed by atoms with E-state index in [0.29, 0.717) is 39.5 Å². The van der Waals surface area contributed by atoms with Crippen LogP contribution in [-0.4, -0.2) is 31.4 Å². The third-order valence-corrected chi connectivity index (χ3v) is 5.23. The summed E-state index contributed by atoms with van der Waals surface area (Å²) in [6, 6.07) is 11.3. The zero-order valence-electron chi connectivity index (χ0n) is 15.3. The van der Waals surface area contributed by atoms with E-state index in [4.69, 9.17) is 11.6 Å². The van der Waals surface area contributed by atoms with Crippen LogP contribution in [0, 0.1) is 25.2 Å². The number of aromatic nitrogens is 4. The van der Waals surface area contributed by atoms with Crippen LogP contribution < -0.4 is 5.32 Å². The molecule has 0 aliphatic rings. The highest BCUT2D eigenvalue weighted by molar-refractivity contribution is 8.00. The smallest absolute Gasteiger partial charge is 0.235 e. The summed E-state index contributed by atoms with van der Waals surface area (Å²) in [5, 5.41) is 17.5. The van der Waals surface area contributed by atoms with Crippen LogP contribution in [0.25, 0.3) is 0 Å². The fourth-order valence-electron chi connectivity index (χ4n) is 2.58. The average Bonchev–Trinajstić information content (AvgIpc) is 3.08. The van der Waals surface area contributed by atoms with Crippen LogP contribution in [0.5, 0.6) is 0 Å². The summed E-state index contributed by atoms with van der Waals surface area (Å²) in [7, 11) is 0. The molecule has 1 aromatic carbocycles. The highest BCUT2D eigenvalue weighted by atomic mass is 35.5. The molecule has 0 spiro atoms. The Kier molecular flexibility index (Phi) is 6.29. The number of nitrogens with one attached hydrogen (secondary N) is 1. The van der Waals surface area contributed by atoms with Gasteiger partial charge in [0.05, 0.1) is 24.2 Å². The number of aryl methyl sites for hydroxylation is 2. The summed E-state index contributed by atoms with van der Waals surface area (Å²) in [6.07, 6.45) is 1.62. The van der Waals surface area contributed by atoms with Gasteiger partial charge in [0, 0.05) is 11.1 Å². The predicted molar refractivity (Wildman–Crippen MR) is 108 cm³/mol. The number of thioether (sulfide) groups is 1. The molecule has 0 aliphatic heterocycles. The lowest BCUT2D eigenvalue weighted by molar-refractivity contribution is -0.113. The Balaban J connectivity index is 1.67. The standard InChI is InChI=1S/C19H17ClN6OS/c1-12-15(9-21)19(24-13(2)23-12)28-11-18(27)25-17-7-8-22-26(17)10-14-5-3-4-6-16(14)20/h3-8H,10-11H2,1-2H3,(H,25,27). The second-order valence-corrected chi connectivity index (χ2v) is 7.32. The van der Waals surface area contributed by atoms with Crippen LogP contribution in [-0.2, 0) is 11.3 Å². The van der Waals surface area contributed by atoms with Crippen molar-refractivity contribution in [1.82, 2.24) is 19.7 Å². The van der Waals surface area contributed by atoms with E-state index >= 15 is 0 Å². The van der Waals surface area contributed by atoms with E-state index in [0.717, 1.165) is 5.56 Å². The minimum absolute atomic E-state index is 0.113. The molecule has 0 saturated carbocycles. The van der Waals surface area contributed by atoms with Gasteiger partial charge < -0.3 is 5.32 Å². The fraction of sp³-hybridized carbons (Fsp3) is 0.211. The van der Waals surface area contributed by atoms with Crippen LogP contribution in [0.1, 0.15) is 22.6 Å². The number of nitriles is 1. The first kappa shape index (κ1) is 19.9. The Morgan fingerprint density at radius 3 is 2.82 bits per heavy atom. The molecule has 2 heterocycles. The van der Waals surface area contributed by atoms with E-state index in [9.17, 15) is 10.1 Å².